The van der Waals surface area contributed by atoms with Gasteiger partial charge < -0.3 is 10.6 Å². The number of nitrogens with zero attached hydrogens (tertiary/aromatic N) is 2. The van der Waals surface area contributed by atoms with Crippen molar-refractivity contribution in [3.63, 3.8) is 0 Å². The van der Waals surface area contributed by atoms with Crippen LogP contribution >= 0.6 is 0 Å². The lowest BCUT2D eigenvalue weighted by atomic mass is 10.1. The maximum atomic E-state index is 11.0. The molecule has 0 bridgehead atoms. The monoisotopic (exact) mass is 237 g/mol. The van der Waals surface area contributed by atoms with Gasteiger partial charge in [-0.25, -0.2) is 0 Å². The predicted octanol–water partition coefficient (Wildman–Crippen LogP) is 2.29. The Kier molecular flexibility index (Phi) is 4.90. The first-order valence-electron chi connectivity index (χ1n) is 5.78. The van der Waals surface area contributed by atoms with Crippen LogP contribution in [0.25, 0.3) is 0 Å². The van der Waals surface area contributed by atoms with Gasteiger partial charge in [-0.2, -0.15) is 0 Å². The SMILES string of the molecule is CCCCN(C)c1ccc(CN)cc1[N+](=O)[O-]. The summed E-state index contributed by atoms with van der Waals surface area (Å²) in [6.45, 7) is 3.23. The van der Waals surface area contributed by atoms with Crippen molar-refractivity contribution in [1.82, 2.24) is 0 Å². The molecular formula is C12H19N3O2. The smallest absolute Gasteiger partial charge is 0.292 e. The van der Waals surface area contributed by atoms with E-state index in [2.05, 4.69) is 6.92 Å². The lowest BCUT2D eigenvalue weighted by Crippen LogP contribution is -2.19. The molecule has 0 radical (unpaired) electrons. The van der Waals surface area contributed by atoms with Gasteiger partial charge in [0.25, 0.3) is 5.69 Å². The number of benzene rings is 1. The van der Waals surface area contributed by atoms with Crippen molar-refractivity contribution in [2.45, 2.75) is 26.3 Å². The summed E-state index contributed by atoms with van der Waals surface area (Å²) in [6, 6.07) is 5.17. The van der Waals surface area contributed by atoms with Crippen molar-refractivity contribution in [1.29, 1.82) is 0 Å². The highest BCUT2D eigenvalue weighted by atomic mass is 16.6. The van der Waals surface area contributed by atoms with Gasteiger partial charge in [0.15, 0.2) is 0 Å². The van der Waals surface area contributed by atoms with E-state index in [1.807, 2.05) is 18.0 Å². The van der Waals surface area contributed by atoms with Gasteiger partial charge in [-0.15, -0.1) is 0 Å². The Bertz CT molecular complexity index is 393. The van der Waals surface area contributed by atoms with Gasteiger partial charge >= 0.3 is 0 Å². The zero-order chi connectivity index (χ0) is 12.8. The molecule has 0 unspecified atom stereocenters. The second-order valence-corrected chi connectivity index (χ2v) is 4.06. The number of anilines is 1. The highest BCUT2D eigenvalue weighted by Gasteiger charge is 2.17. The topological polar surface area (TPSA) is 72.4 Å². The summed E-state index contributed by atoms with van der Waals surface area (Å²) in [5, 5.41) is 11.0. The fourth-order valence-corrected chi connectivity index (χ4v) is 1.68. The Morgan fingerprint density at radius 1 is 1.47 bits per heavy atom. The van der Waals surface area contributed by atoms with Crippen molar-refractivity contribution in [3.05, 3.63) is 33.9 Å². The molecule has 1 aromatic carbocycles. The molecule has 0 aliphatic carbocycles. The van der Waals surface area contributed by atoms with Crippen LogP contribution in [-0.4, -0.2) is 18.5 Å². The molecule has 0 spiro atoms. The standard InChI is InChI=1S/C12H19N3O2/c1-3-4-7-14(2)11-6-5-10(9-13)8-12(11)15(16)17/h5-6,8H,3-4,7,9,13H2,1-2H3. The molecule has 0 heterocycles. The fraction of sp³-hybridized carbons (Fsp3) is 0.500. The fourth-order valence-electron chi connectivity index (χ4n) is 1.68. The van der Waals surface area contributed by atoms with Crippen LogP contribution in [0.4, 0.5) is 11.4 Å². The van der Waals surface area contributed by atoms with Gasteiger partial charge in [0, 0.05) is 26.2 Å². The summed E-state index contributed by atoms with van der Waals surface area (Å²) >= 11 is 0. The zero-order valence-corrected chi connectivity index (χ0v) is 10.3. The molecule has 1 aromatic rings. The highest BCUT2D eigenvalue weighted by molar-refractivity contribution is 5.64. The van der Waals surface area contributed by atoms with E-state index >= 15 is 0 Å². The Morgan fingerprint density at radius 2 is 2.18 bits per heavy atom. The third kappa shape index (κ3) is 3.42. The lowest BCUT2D eigenvalue weighted by Gasteiger charge is -2.19. The first kappa shape index (κ1) is 13.4. The molecule has 2 N–H and O–H groups in total. The summed E-state index contributed by atoms with van der Waals surface area (Å²) in [5.41, 5.74) is 7.06. The van der Waals surface area contributed by atoms with Crippen molar-refractivity contribution >= 4 is 11.4 Å². The number of rotatable bonds is 6. The predicted molar refractivity (Wildman–Crippen MR) is 69.2 cm³/mol. The van der Waals surface area contributed by atoms with E-state index in [1.165, 1.54) is 0 Å². The van der Waals surface area contributed by atoms with Crippen LogP contribution in [0.1, 0.15) is 25.3 Å². The highest BCUT2D eigenvalue weighted by Crippen LogP contribution is 2.28. The molecule has 0 saturated carbocycles. The summed E-state index contributed by atoms with van der Waals surface area (Å²) < 4.78 is 0. The minimum absolute atomic E-state index is 0.131. The quantitative estimate of drug-likeness (QED) is 0.608. The van der Waals surface area contributed by atoms with E-state index in [0.29, 0.717) is 12.2 Å². The molecule has 0 aliphatic heterocycles. The molecule has 0 aliphatic rings. The summed E-state index contributed by atoms with van der Waals surface area (Å²) in [7, 11) is 1.88. The summed E-state index contributed by atoms with van der Waals surface area (Å²) in [6.07, 6.45) is 2.09. The molecule has 0 fully saturated rings. The number of nitro groups is 1. The zero-order valence-electron chi connectivity index (χ0n) is 10.3. The number of nitrogens with two attached hydrogens (primary N) is 1. The molecule has 0 aromatic heterocycles. The molecule has 0 saturated heterocycles. The summed E-state index contributed by atoms with van der Waals surface area (Å²) in [5.74, 6) is 0. The molecule has 0 atom stereocenters. The van der Waals surface area contributed by atoms with Crippen LogP contribution in [0.15, 0.2) is 18.2 Å². The van der Waals surface area contributed by atoms with Gasteiger partial charge in [0.1, 0.15) is 5.69 Å². The van der Waals surface area contributed by atoms with Crippen molar-refractivity contribution < 1.29 is 4.92 Å². The second kappa shape index (κ2) is 6.20. The molecule has 5 nitrogen and oxygen atoms in total. The van der Waals surface area contributed by atoms with Crippen LogP contribution in [0.2, 0.25) is 0 Å². The molecule has 94 valence electrons. The third-order valence-electron chi connectivity index (χ3n) is 2.73. The van der Waals surface area contributed by atoms with E-state index in [-0.39, 0.29) is 10.6 Å². The van der Waals surface area contributed by atoms with E-state index in [0.717, 1.165) is 24.9 Å². The number of hydrogen-bond donors (Lipinski definition) is 1. The largest absolute Gasteiger partial charge is 0.369 e. The van der Waals surface area contributed by atoms with E-state index in [9.17, 15) is 10.1 Å². The Labute approximate surface area is 101 Å². The minimum Gasteiger partial charge on any atom is -0.369 e. The lowest BCUT2D eigenvalue weighted by molar-refractivity contribution is -0.384. The van der Waals surface area contributed by atoms with Crippen LogP contribution in [-0.2, 0) is 6.54 Å². The maximum absolute atomic E-state index is 11.0. The number of nitro benzene ring substituents is 1. The van der Waals surface area contributed by atoms with E-state index in [1.54, 1.807) is 12.1 Å². The Morgan fingerprint density at radius 3 is 2.71 bits per heavy atom. The Hall–Kier alpha value is -1.62. The molecular weight excluding hydrogens is 218 g/mol. The average molecular weight is 237 g/mol. The van der Waals surface area contributed by atoms with Gasteiger partial charge in [0.2, 0.25) is 0 Å². The summed E-state index contributed by atoms with van der Waals surface area (Å²) in [4.78, 5) is 12.6. The van der Waals surface area contributed by atoms with Crippen LogP contribution < -0.4 is 10.6 Å². The molecule has 5 heteroatoms. The number of unbranched alkanes of at least 4 members (excludes halogenated alkanes) is 1. The second-order valence-electron chi connectivity index (χ2n) is 4.06. The van der Waals surface area contributed by atoms with Crippen molar-refractivity contribution in [3.8, 4) is 0 Å². The average Bonchev–Trinajstić information content (AvgIpc) is 2.35. The van der Waals surface area contributed by atoms with Crippen LogP contribution in [0, 0.1) is 10.1 Å². The van der Waals surface area contributed by atoms with Gasteiger partial charge in [-0.1, -0.05) is 19.4 Å². The van der Waals surface area contributed by atoms with Crippen LogP contribution in [0.3, 0.4) is 0 Å². The first-order valence-corrected chi connectivity index (χ1v) is 5.78. The van der Waals surface area contributed by atoms with E-state index in [4.69, 9.17) is 5.73 Å². The normalized spacial score (nSPS) is 10.3. The first-order chi connectivity index (χ1) is 8.10. The third-order valence-corrected chi connectivity index (χ3v) is 2.73. The minimum atomic E-state index is -0.350. The van der Waals surface area contributed by atoms with Gasteiger partial charge in [-0.05, 0) is 18.1 Å². The van der Waals surface area contributed by atoms with Gasteiger partial charge in [-0.3, -0.25) is 10.1 Å². The molecule has 1 rings (SSSR count). The molecule has 17 heavy (non-hydrogen) atoms. The van der Waals surface area contributed by atoms with E-state index < -0.39 is 0 Å². The Balaban J connectivity index is 3.01. The van der Waals surface area contributed by atoms with Crippen molar-refractivity contribution in [2.75, 3.05) is 18.5 Å². The van der Waals surface area contributed by atoms with Crippen LogP contribution in [0.5, 0.6) is 0 Å². The van der Waals surface area contributed by atoms with Crippen molar-refractivity contribution in [2.24, 2.45) is 5.73 Å². The maximum Gasteiger partial charge on any atom is 0.292 e. The number of hydrogen-bond acceptors (Lipinski definition) is 4. The van der Waals surface area contributed by atoms with Gasteiger partial charge in [0.05, 0.1) is 4.92 Å². The molecule has 0 amide bonds.